The van der Waals surface area contributed by atoms with E-state index in [1.54, 1.807) is 15.8 Å². The highest BCUT2D eigenvalue weighted by atomic mass is 16.4. The van der Waals surface area contributed by atoms with Gasteiger partial charge in [-0.3, -0.25) is 10.00 Å². The smallest absolute Gasteiger partial charge is 0.323 e. The van der Waals surface area contributed by atoms with Gasteiger partial charge in [0.25, 0.3) is 0 Å². The normalized spacial score (nSPS) is 10.7. The minimum absolute atomic E-state index is 0.262. The predicted molar refractivity (Wildman–Crippen MR) is 79.1 cm³/mol. The molecule has 0 aliphatic rings. The van der Waals surface area contributed by atoms with E-state index in [9.17, 15) is 4.79 Å². The zero-order valence-corrected chi connectivity index (χ0v) is 13.1. The van der Waals surface area contributed by atoms with Gasteiger partial charge in [-0.1, -0.05) is 19.1 Å². The first-order chi connectivity index (χ1) is 10.7. The van der Waals surface area contributed by atoms with E-state index in [2.05, 4.69) is 25.8 Å². The molecule has 1 N–H and O–H groups in total. The summed E-state index contributed by atoms with van der Waals surface area (Å²) in [5, 5.41) is 18.4. The van der Waals surface area contributed by atoms with E-state index < -0.39 is 0 Å². The lowest BCUT2D eigenvalue weighted by Gasteiger charge is -2.18. The van der Waals surface area contributed by atoms with Crippen LogP contribution in [-0.4, -0.2) is 42.7 Å². The summed E-state index contributed by atoms with van der Waals surface area (Å²) in [5.74, 6) is 1.41. The average Bonchev–Trinajstić information content (AvgIpc) is 3.14. The number of nitrogens with one attached hydrogen (secondary N) is 1. The molecule has 0 unspecified atom stereocenters. The number of hydrogen-bond donors (Lipinski definition) is 1. The van der Waals surface area contributed by atoms with Crippen molar-refractivity contribution in [3.63, 3.8) is 0 Å². The molecule has 120 valence electrons. The summed E-state index contributed by atoms with van der Waals surface area (Å²) < 4.78 is 7.12. The summed E-state index contributed by atoms with van der Waals surface area (Å²) in [7, 11) is 0. The Balaban J connectivity index is 1.95. The number of anilines is 1. The highest BCUT2D eigenvalue weighted by Gasteiger charge is 2.17. The summed E-state index contributed by atoms with van der Waals surface area (Å²) >= 11 is 0. The summed E-state index contributed by atoms with van der Waals surface area (Å²) in [5.41, 5.74) is 0. The van der Waals surface area contributed by atoms with Crippen LogP contribution < -0.4 is 5.32 Å². The highest BCUT2D eigenvalue weighted by Crippen LogP contribution is 2.08. The van der Waals surface area contributed by atoms with Gasteiger partial charge in [-0.15, -0.1) is 15.3 Å². The largest absolute Gasteiger partial charge is 0.423 e. The van der Waals surface area contributed by atoms with Crippen LogP contribution in [0.1, 0.15) is 39.0 Å². The fraction of sp³-hybridized carbons (Fsp3) is 0.615. The molecule has 0 aromatic carbocycles. The average molecular weight is 307 g/mol. The Morgan fingerprint density at radius 2 is 2.05 bits per heavy atom. The summed E-state index contributed by atoms with van der Waals surface area (Å²) in [6, 6.07) is -0.276. The standard InChI is InChI=1S/C13H21N7O2/c1-4-7-20-8-10(15-18-20)14-13(21)19(6-3)9-12-17-16-11(5-2)22-12/h8H,4-7,9H2,1-3H3,(H,14,21). The molecule has 22 heavy (non-hydrogen) atoms. The van der Waals surface area contributed by atoms with Crippen LogP contribution in [0.15, 0.2) is 10.6 Å². The second-order valence-electron chi connectivity index (χ2n) is 4.75. The van der Waals surface area contributed by atoms with Crippen LogP contribution in [0.25, 0.3) is 0 Å². The van der Waals surface area contributed by atoms with Crippen molar-refractivity contribution < 1.29 is 9.21 Å². The van der Waals surface area contributed by atoms with Gasteiger partial charge in [-0.05, 0) is 13.3 Å². The zero-order valence-electron chi connectivity index (χ0n) is 13.1. The highest BCUT2D eigenvalue weighted by molar-refractivity contribution is 5.87. The van der Waals surface area contributed by atoms with Gasteiger partial charge in [-0.2, -0.15) is 0 Å². The summed E-state index contributed by atoms with van der Waals surface area (Å²) in [6.45, 7) is 7.40. The maximum absolute atomic E-state index is 12.2. The Labute approximate surface area is 128 Å². The molecule has 9 heteroatoms. The molecule has 0 radical (unpaired) electrons. The molecule has 2 heterocycles. The second-order valence-corrected chi connectivity index (χ2v) is 4.75. The van der Waals surface area contributed by atoms with Gasteiger partial charge in [0.05, 0.1) is 6.20 Å². The Hall–Kier alpha value is -2.45. The van der Waals surface area contributed by atoms with Crippen LogP contribution >= 0.6 is 0 Å². The first kappa shape index (κ1) is 15.9. The topological polar surface area (TPSA) is 102 Å². The molecule has 0 fully saturated rings. The number of amides is 2. The third kappa shape index (κ3) is 4.03. The molecular formula is C13H21N7O2. The van der Waals surface area contributed by atoms with Crippen LogP contribution in [-0.2, 0) is 19.5 Å². The minimum Gasteiger partial charge on any atom is -0.423 e. The zero-order chi connectivity index (χ0) is 15.9. The minimum atomic E-state index is -0.276. The molecule has 2 aromatic rings. The SMILES string of the molecule is CCCn1cc(NC(=O)N(CC)Cc2nnc(CC)o2)nn1. The maximum Gasteiger partial charge on any atom is 0.323 e. The van der Waals surface area contributed by atoms with Gasteiger partial charge in [0, 0.05) is 19.5 Å². The van der Waals surface area contributed by atoms with E-state index in [-0.39, 0.29) is 12.6 Å². The van der Waals surface area contributed by atoms with Crippen molar-refractivity contribution in [2.45, 2.75) is 46.7 Å². The monoisotopic (exact) mass is 307 g/mol. The number of carbonyl (C=O) groups excluding carboxylic acids is 1. The van der Waals surface area contributed by atoms with Gasteiger partial charge in [0.1, 0.15) is 6.54 Å². The van der Waals surface area contributed by atoms with Crippen LogP contribution in [0, 0.1) is 0 Å². The molecule has 0 spiro atoms. The molecule has 9 nitrogen and oxygen atoms in total. The fourth-order valence-corrected chi connectivity index (χ4v) is 1.87. The van der Waals surface area contributed by atoms with E-state index in [1.165, 1.54) is 0 Å². The van der Waals surface area contributed by atoms with E-state index in [0.717, 1.165) is 13.0 Å². The second kappa shape index (κ2) is 7.53. The van der Waals surface area contributed by atoms with Crippen LogP contribution in [0.5, 0.6) is 0 Å². The van der Waals surface area contributed by atoms with Crippen LogP contribution in [0.2, 0.25) is 0 Å². The molecule has 0 saturated heterocycles. The third-order valence-corrected chi connectivity index (χ3v) is 3.03. The van der Waals surface area contributed by atoms with Crippen molar-refractivity contribution >= 4 is 11.8 Å². The number of nitrogens with zero attached hydrogens (tertiary/aromatic N) is 6. The van der Waals surface area contributed by atoms with Gasteiger partial charge in [0.15, 0.2) is 5.82 Å². The Bertz CT molecular complexity index is 607. The molecule has 2 aromatic heterocycles. The van der Waals surface area contributed by atoms with E-state index in [0.29, 0.717) is 30.6 Å². The van der Waals surface area contributed by atoms with Crippen molar-refractivity contribution in [2.75, 3.05) is 11.9 Å². The lowest BCUT2D eigenvalue weighted by Crippen LogP contribution is -2.34. The Kier molecular flexibility index (Phi) is 5.45. The number of rotatable bonds is 7. The Morgan fingerprint density at radius 1 is 1.27 bits per heavy atom. The molecular weight excluding hydrogens is 286 g/mol. The van der Waals surface area contributed by atoms with Gasteiger partial charge in [-0.25, -0.2) is 4.79 Å². The van der Waals surface area contributed by atoms with Crippen molar-refractivity contribution in [1.29, 1.82) is 0 Å². The molecule has 2 rings (SSSR count). The number of carbonyl (C=O) groups is 1. The van der Waals surface area contributed by atoms with Crippen LogP contribution in [0.4, 0.5) is 10.6 Å². The van der Waals surface area contributed by atoms with Gasteiger partial charge in [0.2, 0.25) is 11.8 Å². The predicted octanol–water partition coefficient (Wildman–Crippen LogP) is 1.69. The maximum atomic E-state index is 12.2. The number of aromatic nitrogens is 5. The van der Waals surface area contributed by atoms with Gasteiger partial charge < -0.3 is 9.32 Å². The lowest BCUT2D eigenvalue weighted by molar-refractivity contribution is 0.205. The first-order valence-corrected chi connectivity index (χ1v) is 7.43. The molecule has 0 bridgehead atoms. The summed E-state index contributed by atoms with van der Waals surface area (Å²) in [6.07, 6.45) is 3.33. The van der Waals surface area contributed by atoms with Crippen molar-refractivity contribution in [2.24, 2.45) is 0 Å². The van der Waals surface area contributed by atoms with Crippen LogP contribution in [0.3, 0.4) is 0 Å². The number of urea groups is 1. The third-order valence-electron chi connectivity index (χ3n) is 3.03. The molecule has 0 saturated carbocycles. The number of aryl methyl sites for hydroxylation is 2. The Morgan fingerprint density at radius 3 is 2.68 bits per heavy atom. The lowest BCUT2D eigenvalue weighted by atomic mass is 10.5. The summed E-state index contributed by atoms with van der Waals surface area (Å²) in [4.78, 5) is 13.8. The molecule has 0 atom stereocenters. The van der Waals surface area contributed by atoms with Gasteiger partial charge >= 0.3 is 6.03 Å². The quantitative estimate of drug-likeness (QED) is 0.835. The van der Waals surface area contributed by atoms with E-state index in [4.69, 9.17) is 4.42 Å². The van der Waals surface area contributed by atoms with Crippen molar-refractivity contribution in [3.05, 3.63) is 18.0 Å². The van der Waals surface area contributed by atoms with E-state index in [1.807, 2.05) is 20.8 Å². The fourth-order valence-electron chi connectivity index (χ4n) is 1.87. The van der Waals surface area contributed by atoms with Crippen molar-refractivity contribution in [1.82, 2.24) is 30.1 Å². The van der Waals surface area contributed by atoms with E-state index >= 15 is 0 Å². The molecule has 2 amide bonds. The molecule has 0 aliphatic carbocycles. The first-order valence-electron chi connectivity index (χ1n) is 7.43. The van der Waals surface area contributed by atoms with Crippen molar-refractivity contribution in [3.8, 4) is 0 Å². The molecule has 0 aliphatic heterocycles. The number of hydrogen-bond acceptors (Lipinski definition) is 6.